The number of hydrogen-bond acceptors (Lipinski definition) is 2. The molecule has 3 nitrogen and oxygen atoms in total. The first-order valence-corrected chi connectivity index (χ1v) is 10.8. The average Bonchev–Trinajstić information content (AvgIpc) is 2.75. The predicted molar refractivity (Wildman–Crippen MR) is 118 cm³/mol. The summed E-state index contributed by atoms with van der Waals surface area (Å²) in [5, 5.41) is 0. The van der Waals surface area contributed by atoms with Crippen molar-refractivity contribution in [1.82, 2.24) is 4.90 Å². The fourth-order valence-electron chi connectivity index (χ4n) is 4.36. The first-order valence-electron chi connectivity index (χ1n) is 10.8. The number of hydrogen-bond donors (Lipinski definition) is 0. The number of carbonyl (C=O) groups is 1. The lowest BCUT2D eigenvalue weighted by Gasteiger charge is -2.40. The fourth-order valence-corrected chi connectivity index (χ4v) is 4.36. The average molecular weight is 379 g/mol. The van der Waals surface area contributed by atoms with E-state index in [0.29, 0.717) is 12.5 Å². The Hall–Kier alpha value is -2.13. The van der Waals surface area contributed by atoms with Crippen LogP contribution in [-0.4, -0.2) is 36.5 Å². The molecular formula is C25H34N2O. The van der Waals surface area contributed by atoms with Crippen molar-refractivity contribution < 1.29 is 4.79 Å². The highest BCUT2D eigenvalue weighted by Crippen LogP contribution is 2.31. The lowest BCUT2D eigenvalue weighted by molar-refractivity contribution is -0.119. The second kappa shape index (κ2) is 9.88. The van der Waals surface area contributed by atoms with Crippen LogP contribution >= 0.6 is 0 Å². The molecule has 0 bridgehead atoms. The molecule has 1 aliphatic heterocycles. The fraction of sp³-hybridized carbons (Fsp3) is 0.480. The van der Waals surface area contributed by atoms with Crippen molar-refractivity contribution >= 4 is 11.6 Å². The van der Waals surface area contributed by atoms with Gasteiger partial charge in [0, 0.05) is 32.1 Å². The summed E-state index contributed by atoms with van der Waals surface area (Å²) in [5.74, 6) is 0.256. The lowest BCUT2D eigenvalue weighted by Crippen LogP contribution is -2.48. The van der Waals surface area contributed by atoms with Crippen LogP contribution in [0.4, 0.5) is 5.69 Å². The Morgan fingerprint density at radius 2 is 1.75 bits per heavy atom. The molecule has 0 N–H and O–H groups in total. The summed E-state index contributed by atoms with van der Waals surface area (Å²) < 4.78 is 0. The van der Waals surface area contributed by atoms with Gasteiger partial charge in [-0.2, -0.15) is 0 Å². The van der Waals surface area contributed by atoms with E-state index in [-0.39, 0.29) is 5.91 Å². The van der Waals surface area contributed by atoms with Gasteiger partial charge in [0.15, 0.2) is 0 Å². The third kappa shape index (κ3) is 4.82. The number of benzene rings is 2. The summed E-state index contributed by atoms with van der Waals surface area (Å²) in [6.07, 6.45) is 4.73. The van der Waals surface area contributed by atoms with Crippen molar-refractivity contribution in [3.63, 3.8) is 0 Å². The number of likely N-dealkylation sites (tertiary alicyclic amines) is 1. The van der Waals surface area contributed by atoms with Gasteiger partial charge in [0.1, 0.15) is 0 Å². The monoisotopic (exact) mass is 378 g/mol. The molecule has 1 fully saturated rings. The van der Waals surface area contributed by atoms with Gasteiger partial charge in [-0.25, -0.2) is 0 Å². The molecule has 0 radical (unpaired) electrons. The molecule has 0 unspecified atom stereocenters. The molecule has 2 aromatic carbocycles. The summed E-state index contributed by atoms with van der Waals surface area (Å²) in [7, 11) is 0. The minimum atomic E-state index is 0.256. The van der Waals surface area contributed by atoms with E-state index in [1.165, 1.54) is 22.4 Å². The molecule has 0 atom stereocenters. The van der Waals surface area contributed by atoms with Crippen LogP contribution in [0, 0.1) is 6.92 Å². The van der Waals surface area contributed by atoms with Crippen LogP contribution in [0.1, 0.15) is 49.8 Å². The van der Waals surface area contributed by atoms with Crippen molar-refractivity contribution in [2.24, 2.45) is 0 Å². The van der Waals surface area contributed by atoms with Crippen molar-refractivity contribution in [2.75, 3.05) is 24.5 Å². The Kier molecular flexibility index (Phi) is 7.27. The molecule has 0 saturated carbocycles. The topological polar surface area (TPSA) is 23.6 Å². The molecular weight excluding hydrogens is 344 g/mol. The summed E-state index contributed by atoms with van der Waals surface area (Å²) in [6.45, 7) is 9.53. The maximum Gasteiger partial charge on any atom is 0.226 e. The van der Waals surface area contributed by atoms with Gasteiger partial charge >= 0.3 is 0 Å². The van der Waals surface area contributed by atoms with E-state index >= 15 is 0 Å². The number of piperidine rings is 1. The predicted octanol–water partition coefficient (Wildman–Crippen LogP) is 5.01. The SMILES string of the molecule is CCC(=O)N(c1c(C)cccc1CC)C1CCN(CCc2ccccc2)CC1. The summed E-state index contributed by atoms with van der Waals surface area (Å²) in [6, 6.07) is 17.5. The van der Waals surface area contributed by atoms with E-state index < -0.39 is 0 Å². The molecule has 150 valence electrons. The van der Waals surface area contributed by atoms with Crippen molar-refractivity contribution in [2.45, 2.75) is 58.9 Å². The molecule has 28 heavy (non-hydrogen) atoms. The number of amides is 1. The van der Waals surface area contributed by atoms with Gasteiger partial charge in [0.25, 0.3) is 0 Å². The van der Waals surface area contributed by atoms with Crippen LogP contribution in [0.3, 0.4) is 0 Å². The van der Waals surface area contributed by atoms with Crippen LogP contribution in [0.25, 0.3) is 0 Å². The van der Waals surface area contributed by atoms with Crippen LogP contribution < -0.4 is 4.90 Å². The van der Waals surface area contributed by atoms with Gasteiger partial charge in [-0.05, 0) is 49.3 Å². The highest BCUT2D eigenvalue weighted by atomic mass is 16.2. The van der Waals surface area contributed by atoms with Crippen LogP contribution in [0.15, 0.2) is 48.5 Å². The number of nitrogens with zero attached hydrogens (tertiary/aromatic N) is 2. The zero-order chi connectivity index (χ0) is 19.9. The lowest BCUT2D eigenvalue weighted by atomic mass is 9.97. The second-order valence-corrected chi connectivity index (χ2v) is 7.86. The van der Waals surface area contributed by atoms with Gasteiger partial charge in [0.05, 0.1) is 5.69 Å². The molecule has 1 heterocycles. The van der Waals surface area contributed by atoms with Gasteiger partial charge in [-0.1, -0.05) is 62.4 Å². The van der Waals surface area contributed by atoms with E-state index in [9.17, 15) is 4.79 Å². The molecule has 2 aromatic rings. The van der Waals surface area contributed by atoms with Gasteiger partial charge in [-0.15, -0.1) is 0 Å². The minimum absolute atomic E-state index is 0.256. The number of aryl methyl sites for hydroxylation is 2. The van der Waals surface area contributed by atoms with E-state index in [1.807, 2.05) is 6.92 Å². The van der Waals surface area contributed by atoms with Crippen LogP contribution in [-0.2, 0) is 17.6 Å². The van der Waals surface area contributed by atoms with Gasteiger partial charge < -0.3 is 9.80 Å². The first-order chi connectivity index (χ1) is 13.6. The third-order valence-corrected chi connectivity index (χ3v) is 6.00. The normalized spacial score (nSPS) is 15.5. The number of carbonyl (C=O) groups excluding carboxylic acids is 1. The Bertz CT molecular complexity index is 763. The smallest absolute Gasteiger partial charge is 0.226 e. The first kappa shape index (κ1) is 20.6. The number of rotatable bonds is 7. The summed E-state index contributed by atoms with van der Waals surface area (Å²) in [5.41, 5.74) is 5.07. The molecule has 0 spiro atoms. The largest absolute Gasteiger partial charge is 0.309 e. The Morgan fingerprint density at radius 3 is 2.39 bits per heavy atom. The second-order valence-electron chi connectivity index (χ2n) is 7.86. The summed E-state index contributed by atoms with van der Waals surface area (Å²) in [4.78, 5) is 17.6. The van der Waals surface area contributed by atoms with E-state index in [0.717, 1.165) is 45.3 Å². The van der Waals surface area contributed by atoms with Gasteiger partial charge in [0.2, 0.25) is 5.91 Å². The highest BCUT2D eigenvalue weighted by Gasteiger charge is 2.30. The maximum atomic E-state index is 12.9. The molecule has 3 rings (SSSR count). The molecule has 1 amide bonds. The van der Waals surface area contributed by atoms with Crippen LogP contribution in [0.5, 0.6) is 0 Å². The van der Waals surface area contributed by atoms with E-state index in [2.05, 4.69) is 72.2 Å². The molecule has 3 heteroatoms. The number of anilines is 1. The third-order valence-electron chi connectivity index (χ3n) is 6.00. The van der Waals surface area contributed by atoms with Crippen molar-refractivity contribution in [3.8, 4) is 0 Å². The molecule has 1 saturated heterocycles. The van der Waals surface area contributed by atoms with Crippen molar-refractivity contribution in [3.05, 3.63) is 65.2 Å². The molecule has 1 aliphatic rings. The van der Waals surface area contributed by atoms with Gasteiger partial charge in [-0.3, -0.25) is 4.79 Å². The van der Waals surface area contributed by atoms with E-state index in [4.69, 9.17) is 0 Å². The van der Waals surface area contributed by atoms with Crippen molar-refractivity contribution in [1.29, 1.82) is 0 Å². The Morgan fingerprint density at radius 1 is 1.04 bits per heavy atom. The number of para-hydroxylation sites is 1. The Balaban J connectivity index is 1.68. The Labute approximate surface area is 170 Å². The maximum absolute atomic E-state index is 12.9. The minimum Gasteiger partial charge on any atom is -0.309 e. The van der Waals surface area contributed by atoms with E-state index in [1.54, 1.807) is 0 Å². The zero-order valence-corrected chi connectivity index (χ0v) is 17.7. The highest BCUT2D eigenvalue weighted by molar-refractivity contribution is 5.95. The quantitative estimate of drug-likeness (QED) is 0.676. The molecule has 0 aromatic heterocycles. The van der Waals surface area contributed by atoms with Crippen LogP contribution in [0.2, 0.25) is 0 Å². The standard InChI is InChI=1S/C25H34N2O/c1-4-22-13-9-10-20(3)25(22)27(24(28)5-2)23-15-18-26(19-16-23)17-14-21-11-7-6-8-12-21/h6-13,23H,4-5,14-19H2,1-3H3. The zero-order valence-electron chi connectivity index (χ0n) is 17.7. The summed E-state index contributed by atoms with van der Waals surface area (Å²) >= 11 is 0. The molecule has 0 aliphatic carbocycles.